The van der Waals surface area contributed by atoms with Crippen LogP contribution < -0.4 is 0 Å². The average molecular weight is 331 g/mol. The number of carbonyl (C=O) groups is 1. The highest BCUT2D eigenvalue weighted by molar-refractivity contribution is 7.14. The van der Waals surface area contributed by atoms with Crippen LogP contribution in [0.4, 0.5) is 0 Å². The molecule has 0 unspecified atom stereocenters. The van der Waals surface area contributed by atoms with E-state index in [0.717, 1.165) is 20.9 Å². The summed E-state index contributed by atoms with van der Waals surface area (Å²) in [4.78, 5) is 16.7. The van der Waals surface area contributed by atoms with Gasteiger partial charge < -0.3 is 10.0 Å². The third-order valence-corrected chi connectivity index (χ3v) is 4.71. The Bertz CT molecular complexity index is 723. The first-order valence-electron chi connectivity index (χ1n) is 7.72. The molecule has 0 atom stereocenters. The molecule has 4 heteroatoms. The molecule has 2 aromatic rings. The molecule has 3 nitrogen and oxygen atoms in total. The van der Waals surface area contributed by atoms with Crippen molar-refractivity contribution in [3.05, 3.63) is 50.7 Å². The zero-order valence-corrected chi connectivity index (χ0v) is 15.5. The summed E-state index contributed by atoms with van der Waals surface area (Å²) in [6.45, 7) is 8.73. The van der Waals surface area contributed by atoms with Gasteiger partial charge in [0.2, 0.25) is 5.78 Å². The second-order valence-corrected chi connectivity index (χ2v) is 8.55. The van der Waals surface area contributed by atoms with Gasteiger partial charge in [0.15, 0.2) is 0 Å². The minimum Gasteiger partial charge on any atom is -0.507 e. The van der Waals surface area contributed by atoms with Crippen molar-refractivity contribution in [2.75, 3.05) is 14.1 Å². The highest BCUT2D eigenvalue weighted by Crippen LogP contribution is 2.35. The highest BCUT2D eigenvalue weighted by atomic mass is 32.1. The lowest BCUT2D eigenvalue weighted by molar-refractivity contribution is 0.104. The molecule has 0 saturated carbocycles. The molecule has 0 aliphatic heterocycles. The first-order chi connectivity index (χ1) is 10.6. The van der Waals surface area contributed by atoms with Crippen LogP contribution in [-0.4, -0.2) is 29.9 Å². The van der Waals surface area contributed by atoms with E-state index in [1.54, 1.807) is 0 Å². The maximum absolute atomic E-state index is 12.8. The van der Waals surface area contributed by atoms with Crippen LogP contribution in [0, 0.1) is 6.92 Å². The Morgan fingerprint density at radius 3 is 2.35 bits per heavy atom. The fourth-order valence-corrected chi connectivity index (χ4v) is 3.39. The summed E-state index contributed by atoms with van der Waals surface area (Å²) in [6.07, 6.45) is 0. The molecule has 0 aliphatic rings. The fraction of sp³-hybridized carbons (Fsp3) is 0.421. The topological polar surface area (TPSA) is 40.5 Å². The van der Waals surface area contributed by atoms with Crippen molar-refractivity contribution in [2.24, 2.45) is 0 Å². The molecule has 1 N–H and O–H groups in total. The fourth-order valence-electron chi connectivity index (χ4n) is 2.56. The predicted molar refractivity (Wildman–Crippen MR) is 96.7 cm³/mol. The van der Waals surface area contributed by atoms with E-state index in [4.69, 9.17) is 0 Å². The van der Waals surface area contributed by atoms with E-state index < -0.39 is 0 Å². The van der Waals surface area contributed by atoms with Crippen LogP contribution in [0.1, 0.15) is 52.0 Å². The van der Waals surface area contributed by atoms with Gasteiger partial charge in [0.05, 0.1) is 4.88 Å². The molecule has 124 valence electrons. The molecular formula is C19H25NO2S. The van der Waals surface area contributed by atoms with Crippen molar-refractivity contribution < 1.29 is 9.90 Å². The number of aromatic hydroxyl groups is 1. The Kier molecular flexibility index (Phi) is 4.97. The van der Waals surface area contributed by atoms with E-state index in [-0.39, 0.29) is 11.2 Å². The Hall–Kier alpha value is -1.65. The second-order valence-electron chi connectivity index (χ2n) is 7.26. The van der Waals surface area contributed by atoms with Gasteiger partial charge in [0, 0.05) is 28.1 Å². The Balaban J connectivity index is 2.57. The summed E-state index contributed by atoms with van der Waals surface area (Å²) in [6, 6.07) is 7.50. The lowest BCUT2D eigenvalue weighted by atomic mass is 9.83. The van der Waals surface area contributed by atoms with E-state index in [2.05, 4.69) is 0 Å². The van der Waals surface area contributed by atoms with Crippen molar-refractivity contribution in [3.63, 3.8) is 0 Å². The number of benzene rings is 1. The zero-order chi connectivity index (χ0) is 17.4. The number of ketones is 1. The van der Waals surface area contributed by atoms with Crippen molar-refractivity contribution in [1.82, 2.24) is 4.90 Å². The minimum atomic E-state index is -0.229. The number of phenolic OH excluding ortho intramolecular Hbond substituents is 1. The lowest BCUT2D eigenvalue weighted by Gasteiger charge is -2.24. The molecule has 0 saturated heterocycles. The molecule has 0 spiro atoms. The summed E-state index contributed by atoms with van der Waals surface area (Å²) < 4.78 is 0. The standard InChI is InChI=1S/C19H25NO2S/c1-12-7-8-16(23-12)18(22)13-9-14(11-20(5)6)17(21)15(10-13)19(2,3)4/h7-10,21H,11H2,1-6H3. The predicted octanol–water partition coefficient (Wildman–Crippen LogP) is 4.35. The molecule has 2 rings (SSSR count). The maximum Gasteiger partial charge on any atom is 0.202 e. The number of phenols is 1. The van der Waals surface area contributed by atoms with Gasteiger partial charge in [-0.15, -0.1) is 11.3 Å². The number of hydrogen-bond donors (Lipinski definition) is 1. The van der Waals surface area contributed by atoms with Gasteiger partial charge in [0.1, 0.15) is 5.75 Å². The first-order valence-corrected chi connectivity index (χ1v) is 8.53. The molecule has 1 aromatic heterocycles. The monoisotopic (exact) mass is 331 g/mol. The summed E-state index contributed by atoms with van der Waals surface area (Å²) in [5.74, 6) is 0.318. The van der Waals surface area contributed by atoms with Gasteiger partial charge in [0.25, 0.3) is 0 Å². The smallest absolute Gasteiger partial charge is 0.202 e. The van der Waals surface area contributed by atoms with Gasteiger partial charge in [-0.25, -0.2) is 0 Å². The van der Waals surface area contributed by atoms with Gasteiger partial charge in [-0.1, -0.05) is 20.8 Å². The summed E-state index contributed by atoms with van der Waals surface area (Å²) in [5, 5.41) is 10.6. The molecule has 0 bridgehead atoms. The largest absolute Gasteiger partial charge is 0.507 e. The van der Waals surface area contributed by atoms with E-state index in [1.807, 2.05) is 71.0 Å². The number of carbonyl (C=O) groups excluding carboxylic acids is 1. The van der Waals surface area contributed by atoms with Crippen LogP contribution in [0.25, 0.3) is 0 Å². The van der Waals surface area contributed by atoms with E-state index in [0.29, 0.717) is 17.9 Å². The van der Waals surface area contributed by atoms with Gasteiger partial charge in [-0.2, -0.15) is 0 Å². The SMILES string of the molecule is Cc1ccc(C(=O)c2cc(CN(C)C)c(O)c(C(C)(C)C)c2)s1. The van der Waals surface area contributed by atoms with Gasteiger partial charge >= 0.3 is 0 Å². The molecule has 1 heterocycles. The number of hydrogen-bond acceptors (Lipinski definition) is 4. The Morgan fingerprint density at radius 1 is 1.22 bits per heavy atom. The molecule has 1 aromatic carbocycles. The van der Waals surface area contributed by atoms with Crippen molar-refractivity contribution in [1.29, 1.82) is 0 Å². The molecule has 0 fully saturated rings. The van der Waals surface area contributed by atoms with E-state index in [9.17, 15) is 9.90 Å². The normalized spacial score (nSPS) is 12.0. The second kappa shape index (κ2) is 6.46. The van der Waals surface area contributed by atoms with Crippen molar-refractivity contribution >= 4 is 17.1 Å². The summed E-state index contributed by atoms with van der Waals surface area (Å²) in [5.41, 5.74) is 2.02. The third kappa shape index (κ3) is 4.01. The van der Waals surface area contributed by atoms with E-state index >= 15 is 0 Å². The Morgan fingerprint density at radius 2 is 1.87 bits per heavy atom. The minimum absolute atomic E-state index is 0.0219. The molecule has 0 aliphatic carbocycles. The number of rotatable bonds is 4. The van der Waals surface area contributed by atoms with Crippen LogP contribution in [0.3, 0.4) is 0 Å². The molecular weight excluding hydrogens is 306 g/mol. The quantitative estimate of drug-likeness (QED) is 0.847. The first kappa shape index (κ1) is 17.7. The number of nitrogens with zero attached hydrogens (tertiary/aromatic N) is 1. The summed E-state index contributed by atoms with van der Waals surface area (Å²) >= 11 is 1.51. The molecule has 23 heavy (non-hydrogen) atoms. The van der Waals surface area contributed by atoms with Gasteiger partial charge in [-0.3, -0.25) is 4.79 Å². The van der Waals surface area contributed by atoms with Gasteiger partial charge in [-0.05, 0) is 50.7 Å². The molecule has 0 radical (unpaired) electrons. The van der Waals surface area contributed by atoms with Crippen LogP contribution >= 0.6 is 11.3 Å². The van der Waals surface area contributed by atoms with Crippen molar-refractivity contribution in [3.8, 4) is 5.75 Å². The number of thiophene rings is 1. The van der Waals surface area contributed by atoms with E-state index in [1.165, 1.54) is 11.3 Å². The Labute approximate surface area is 142 Å². The van der Waals surface area contributed by atoms with Crippen LogP contribution in [0.2, 0.25) is 0 Å². The van der Waals surface area contributed by atoms with Crippen LogP contribution in [-0.2, 0) is 12.0 Å². The summed E-state index contributed by atoms with van der Waals surface area (Å²) in [7, 11) is 3.90. The maximum atomic E-state index is 12.8. The van der Waals surface area contributed by atoms with Crippen LogP contribution in [0.5, 0.6) is 5.75 Å². The average Bonchev–Trinajstić information content (AvgIpc) is 2.85. The van der Waals surface area contributed by atoms with Crippen LogP contribution in [0.15, 0.2) is 24.3 Å². The third-order valence-electron chi connectivity index (χ3n) is 3.71. The lowest BCUT2D eigenvalue weighted by Crippen LogP contribution is -2.17. The zero-order valence-electron chi connectivity index (χ0n) is 14.7. The molecule has 0 amide bonds. The number of aryl methyl sites for hydroxylation is 1. The van der Waals surface area contributed by atoms with Crippen molar-refractivity contribution in [2.45, 2.75) is 39.7 Å². The highest BCUT2D eigenvalue weighted by Gasteiger charge is 2.24.